The summed E-state index contributed by atoms with van der Waals surface area (Å²) in [5, 5.41) is 27.7. The van der Waals surface area contributed by atoms with Crippen LogP contribution < -0.4 is 10.0 Å². The quantitative estimate of drug-likeness (QED) is 0.670. The van der Waals surface area contributed by atoms with E-state index >= 15 is 0 Å². The summed E-state index contributed by atoms with van der Waals surface area (Å²) in [7, 11) is 0. The first-order valence-electron chi connectivity index (χ1n) is 6.03. The Hall–Kier alpha value is -1.79. The number of nitrogens with one attached hydrogen (secondary N) is 1. The zero-order chi connectivity index (χ0) is 14.1. The Labute approximate surface area is 113 Å². The first-order valence-corrected chi connectivity index (χ1v) is 6.03. The zero-order valence-corrected chi connectivity index (χ0v) is 11.6. The summed E-state index contributed by atoms with van der Waals surface area (Å²) in [4.78, 5) is 11.9. The van der Waals surface area contributed by atoms with Crippen LogP contribution in [-0.4, -0.2) is 41.3 Å². The summed E-state index contributed by atoms with van der Waals surface area (Å²) < 4.78 is 0. The molecule has 6 nitrogen and oxygen atoms in total. The summed E-state index contributed by atoms with van der Waals surface area (Å²) >= 11 is 0. The highest BCUT2D eigenvalue weighted by Crippen LogP contribution is 2.21. The number of benzene rings is 1. The second-order valence-corrected chi connectivity index (χ2v) is 3.80. The van der Waals surface area contributed by atoms with E-state index < -0.39 is 17.5 Å². The molecule has 0 atom stereocenters. The third kappa shape index (κ3) is 7.28. The van der Waals surface area contributed by atoms with Crippen LogP contribution in [0.2, 0.25) is 0 Å². The summed E-state index contributed by atoms with van der Waals surface area (Å²) in [5.74, 6) is -2.28. The van der Waals surface area contributed by atoms with E-state index in [0.717, 1.165) is 18.2 Å². The van der Waals surface area contributed by atoms with Crippen molar-refractivity contribution in [3.63, 3.8) is 0 Å². The molecule has 0 amide bonds. The summed E-state index contributed by atoms with van der Waals surface area (Å²) in [6.07, 6.45) is 0. The van der Waals surface area contributed by atoms with E-state index in [0.29, 0.717) is 0 Å². The van der Waals surface area contributed by atoms with Crippen molar-refractivity contribution in [3.05, 3.63) is 23.8 Å². The number of aromatic carboxylic acids is 1. The van der Waals surface area contributed by atoms with E-state index in [9.17, 15) is 9.90 Å². The number of quaternary nitrogens is 1. The molecule has 1 rings (SSSR count). The predicted molar refractivity (Wildman–Crippen MR) is 70.7 cm³/mol. The Kier molecular flexibility index (Phi) is 10.5. The molecular weight excluding hydrogens is 250 g/mol. The first kappa shape index (κ1) is 19.5. The number of carboxylic acids is 1. The molecule has 0 fully saturated rings. The maximum atomic E-state index is 10.6. The van der Waals surface area contributed by atoms with Crippen LogP contribution in [-0.2, 0) is 0 Å². The van der Waals surface area contributed by atoms with E-state index in [1.807, 2.05) is 0 Å². The second kappa shape index (κ2) is 10.2. The van der Waals surface area contributed by atoms with Gasteiger partial charge in [-0.05, 0) is 32.9 Å². The number of carboxylic acid groups (broad SMARTS) is 1. The number of phenolic OH excluding ortho intramolecular Hbond substituents is 1. The number of carbonyl (C=O) groups is 1. The fourth-order valence-electron chi connectivity index (χ4n) is 1.40. The molecule has 0 aromatic heterocycles. The smallest absolute Gasteiger partial charge is 0.335 e. The van der Waals surface area contributed by atoms with Gasteiger partial charge >= 0.3 is 5.97 Å². The van der Waals surface area contributed by atoms with Crippen molar-refractivity contribution in [2.45, 2.75) is 20.8 Å². The topological polar surface area (TPSA) is 117 Å². The average Bonchev–Trinajstić information content (AvgIpc) is 2.35. The SMILES string of the molecule is CC[NH+](CC)CC.O.O=C(O)c1ccc([O-])c(O)c1. The summed E-state index contributed by atoms with van der Waals surface area (Å²) in [6, 6.07) is 3.08. The van der Waals surface area contributed by atoms with Gasteiger partial charge in [0.05, 0.1) is 25.2 Å². The van der Waals surface area contributed by atoms with Crippen LogP contribution in [0.25, 0.3) is 0 Å². The van der Waals surface area contributed by atoms with E-state index in [4.69, 9.17) is 10.2 Å². The lowest BCUT2D eigenvalue weighted by Crippen LogP contribution is -3.11. The lowest BCUT2D eigenvalue weighted by Gasteiger charge is -2.10. The van der Waals surface area contributed by atoms with Crippen molar-refractivity contribution in [2.24, 2.45) is 0 Å². The molecule has 0 aliphatic carbocycles. The van der Waals surface area contributed by atoms with Crippen LogP contribution in [0, 0.1) is 0 Å². The minimum Gasteiger partial charge on any atom is -0.870 e. The van der Waals surface area contributed by atoms with Gasteiger partial charge in [0, 0.05) is 0 Å². The highest BCUT2D eigenvalue weighted by atomic mass is 16.4. The first-order chi connectivity index (χ1) is 8.46. The molecule has 0 heterocycles. The zero-order valence-electron chi connectivity index (χ0n) is 11.6. The van der Waals surface area contributed by atoms with Crippen LogP contribution in [0.3, 0.4) is 0 Å². The molecule has 6 heteroatoms. The molecule has 0 spiro atoms. The van der Waals surface area contributed by atoms with Crippen LogP contribution >= 0.6 is 0 Å². The van der Waals surface area contributed by atoms with Crippen molar-refractivity contribution >= 4 is 5.97 Å². The molecule has 0 saturated heterocycles. The molecule has 0 radical (unpaired) electrons. The summed E-state index contributed by atoms with van der Waals surface area (Å²) in [5.41, 5.74) is -0.0953. The largest absolute Gasteiger partial charge is 0.870 e. The van der Waals surface area contributed by atoms with Gasteiger partial charge < -0.3 is 25.7 Å². The fraction of sp³-hybridized carbons (Fsp3) is 0.462. The molecule has 5 N–H and O–H groups in total. The lowest BCUT2D eigenvalue weighted by atomic mass is 10.2. The van der Waals surface area contributed by atoms with Gasteiger partial charge in [-0.2, -0.15) is 0 Å². The number of aromatic hydroxyl groups is 1. The van der Waals surface area contributed by atoms with Crippen LogP contribution in [0.5, 0.6) is 11.5 Å². The Bertz CT molecular complexity index is 372. The average molecular weight is 273 g/mol. The van der Waals surface area contributed by atoms with Crippen LogP contribution in [0.4, 0.5) is 0 Å². The number of hydrogen-bond donors (Lipinski definition) is 3. The third-order valence-corrected chi connectivity index (χ3v) is 2.71. The molecule has 0 aliphatic heterocycles. The standard InChI is InChI=1S/C7H6O4.C6H15N.H2O/c8-5-2-1-4(7(10)11)3-6(5)9;1-4-7(5-2)6-3;/h1-3,8-9H,(H,10,11);4-6H2,1-3H3;1H2. The van der Waals surface area contributed by atoms with Gasteiger partial charge in [0.25, 0.3) is 0 Å². The Morgan fingerprint density at radius 1 is 1.21 bits per heavy atom. The normalized spacial score (nSPS) is 9.26. The van der Waals surface area contributed by atoms with Crippen LogP contribution in [0.15, 0.2) is 18.2 Å². The van der Waals surface area contributed by atoms with Gasteiger partial charge in [-0.15, -0.1) is 0 Å². The van der Waals surface area contributed by atoms with Crippen molar-refractivity contribution in [2.75, 3.05) is 19.6 Å². The summed E-state index contributed by atoms with van der Waals surface area (Å²) in [6.45, 7) is 10.5. The third-order valence-electron chi connectivity index (χ3n) is 2.71. The predicted octanol–water partition coefficient (Wildman–Crippen LogP) is -0.730. The molecule has 19 heavy (non-hydrogen) atoms. The van der Waals surface area contributed by atoms with Gasteiger partial charge in [-0.25, -0.2) is 4.79 Å². The van der Waals surface area contributed by atoms with Gasteiger partial charge in [0.2, 0.25) is 0 Å². The molecule has 0 unspecified atom stereocenters. The van der Waals surface area contributed by atoms with E-state index in [-0.39, 0.29) is 11.0 Å². The Morgan fingerprint density at radius 2 is 1.68 bits per heavy atom. The number of hydrogen-bond acceptors (Lipinski definition) is 3. The van der Waals surface area contributed by atoms with Crippen molar-refractivity contribution < 1.29 is 30.5 Å². The van der Waals surface area contributed by atoms with Gasteiger partial charge in [0.1, 0.15) is 5.75 Å². The van der Waals surface area contributed by atoms with E-state index in [1.165, 1.54) is 19.6 Å². The minimum absolute atomic E-state index is 0. The second-order valence-electron chi connectivity index (χ2n) is 3.80. The van der Waals surface area contributed by atoms with Crippen molar-refractivity contribution in [3.8, 4) is 11.5 Å². The maximum Gasteiger partial charge on any atom is 0.335 e. The van der Waals surface area contributed by atoms with E-state index in [1.54, 1.807) is 4.90 Å². The lowest BCUT2D eigenvalue weighted by molar-refractivity contribution is -0.894. The Balaban J connectivity index is 0. The van der Waals surface area contributed by atoms with Gasteiger partial charge in [-0.3, -0.25) is 0 Å². The molecule has 1 aromatic carbocycles. The van der Waals surface area contributed by atoms with Crippen LogP contribution in [0.1, 0.15) is 31.1 Å². The van der Waals surface area contributed by atoms with Crippen molar-refractivity contribution in [1.82, 2.24) is 0 Å². The molecule has 110 valence electrons. The Morgan fingerprint density at radius 3 is 1.95 bits per heavy atom. The highest BCUT2D eigenvalue weighted by molar-refractivity contribution is 5.88. The minimum atomic E-state index is -1.17. The molecule has 0 bridgehead atoms. The van der Waals surface area contributed by atoms with Crippen molar-refractivity contribution in [1.29, 1.82) is 0 Å². The maximum absolute atomic E-state index is 10.6. The highest BCUT2D eigenvalue weighted by Gasteiger charge is 2.02. The van der Waals surface area contributed by atoms with E-state index in [2.05, 4.69) is 20.8 Å². The number of rotatable bonds is 4. The fourth-order valence-corrected chi connectivity index (χ4v) is 1.40. The molecule has 0 saturated carbocycles. The number of phenols is 1. The van der Waals surface area contributed by atoms with Gasteiger partial charge in [-0.1, -0.05) is 11.8 Å². The molecular formula is C13H23NO5. The molecule has 0 aliphatic rings. The molecule has 1 aromatic rings. The van der Waals surface area contributed by atoms with Gasteiger partial charge in [0.15, 0.2) is 0 Å². The monoisotopic (exact) mass is 273 g/mol.